The molecule has 0 heterocycles. The molecule has 0 rings (SSSR count). The fourth-order valence-corrected chi connectivity index (χ4v) is 1.45. The highest BCUT2D eigenvalue weighted by Crippen LogP contribution is 2.13. The lowest BCUT2D eigenvalue weighted by Gasteiger charge is -2.05. The van der Waals surface area contributed by atoms with Crippen LogP contribution in [-0.4, -0.2) is 5.38 Å². The Balaban J connectivity index is 2.97. The molecule has 0 N–H and O–H groups in total. The summed E-state index contributed by atoms with van der Waals surface area (Å²) < 4.78 is 0. The predicted octanol–water partition coefficient (Wildman–Crippen LogP) is 3.97. The summed E-state index contributed by atoms with van der Waals surface area (Å²) in [4.78, 5) is 0. The maximum atomic E-state index is 6.02. The number of hydrogen-bond acceptors (Lipinski definition) is 0. The van der Waals surface area contributed by atoms with E-state index in [2.05, 4.69) is 13.8 Å². The van der Waals surface area contributed by atoms with Crippen LogP contribution in [0.4, 0.5) is 0 Å². The van der Waals surface area contributed by atoms with E-state index in [4.69, 9.17) is 11.6 Å². The van der Waals surface area contributed by atoms with E-state index in [1.165, 1.54) is 38.5 Å². The zero-order chi connectivity index (χ0) is 7.82. The molecule has 0 spiro atoms. The van der Waals surface area contributed by atoms with Gasteiger partial charge in [0.2, 0.25) is 0 Å². The second-order valence-corrected chi connectivity index (χ2v) is 3.50. The molecule has 0 amide bonds. The molecule has 0 aromatic rings. The van der Waals surface area contributed by atoms with Gasteiger partial charge in [-0.15, -0.1) is 11.6 Å². The largest absolute Gasteiger partial charge is 0.123 e. The summed E-state index contributed by atoms with van der Waals surface area (Å²) in [6.45, 7) is 4.41. The molecule has 0 aliphatic heterocycles. The molecule has 0 saturated carbocycles. The molecule has 0 nitrogen and oxygen atoms in total. The summed E-state index contributed by atoms with van der Waals surface area (Å²) >= 11 is 6.02. The first kappa shape index (κ1) is 10.3. The molecule has 1 heteroatoms. The van der Waals surface area contributed by atoms with Gasteiger partial charge in [0.1, 0.15) is 0 Å². The van der Waals surface area contributed by atoms with Crippen molar-refractivity contribution in [1.82, 2.24) is 0 Å². The highest BCUT2D eigenvalue weighted by atomic mass is 35.5. The highest BCUT2D eigenvalue weighted by Gasteiger charge is 2.00. The van der Waals surface area contributed by atoms with Gasteiger partial charge in [0.15, 0.2) is 0 Å². The summed E-state index contributed by atoms with van der Waals surface area (Å²) in [5.74, 6) is 0. The second kappa shape index (κ2) is 7.40. The zero-order valence-electron chi connectivity index (χ0n) is 7.20. The summed E-state index contributed by atoms with van der Waals surface area (Å²) in [6, 6.07) is 0. The summed E-state index contributed by atoms with van der Waals surface area (Å²) in [7, 11) is 0. The number of unbranched alkanes of at least 4 members (excludes halogenated alkanes) is 2. The zero-order valence-corrected chi connectivity index (χ0v) is 7.95. The average molecular weight is 163 g/mol. The van der Waals surface area contributed by atoms with Crippen LogP contribution in [0.5, 0.6) is 0 Å². The Morgan fingerprint density at radius 2 is 1.70 bits per heavy atom. The molecule has 1 unspecified atom stereocenters. The molecule has 62 valence electrons. The first-order chi connectivity index (χ1) is 4.81. The minimum atomic E-state index is 0.441. The topological polar surface area (TPSA) is 0 Å². The summed E-state index contributed by atoms with van der Waals surface area (Å²) in [5, 5.41) is 0.441. The average Bonchev–Trinajstić information content (AvgIpc) is 1.89. The van der Waals surface area contributed by atoms with Crippen molar-refractivity contribution >= 4 is 11.6 Å². The van der Waals surface area contributed by atoms with Crippen LogP contribution in [0.3, 0.4) is 0 Å². The lowest BCUT2D eigenvalue weighted by atomic mass is 10.1. The van der Waals surface area contributed by atoms with Crippen molar-refractivity contribution in [2.45, 2.75) is 57.7 Å². The van der Waals surface area contributed by atoms with Crippen LogP contribution in [0.15, 0.2) is 0 Å². The maximum absolute atomic E-state index is 6.02. The Morgan fingerprint density at radius 3 is 2.20 bits per heavy atom. The molecule has 0 aromatic carbocycles. The van der Waals surface area contributed by atoms with Gasteiger partial charge in [0.25, 0.3) is 0 Å². The van der Waals surface area contributed by atoms with Crippen molar-refractivity contribution in [2.75, 3.05) is 0 Å². The molecule has 0 aromatic heterocycles. The monoisotopic (exact) mass is 162 g/mol. The smallest absolute Gasteiger partial charge is 0.0336 e. The van der Waals surface area contributed by atoms with Crippen LogP contribution in [0.2, 0.25) is 0 Å². The predicted molar refractivity (Wildman–Crippen MR) is 48.7 cm³/mol. The lowest BCUT2D eigenvalue weighted by molar-refractivity contribution is 0.608. The third-order valence-electron chi connectivity index (χ3n) is 1.72. The number of alkyl halides is 1. The lowest BCUT2D eigenvalue weighted by Crippen LogP contribution is -1.96. The normalized spacial score (nSPS) is 13.5. The Kier molecular flexibility index (Phi) is 7.61. The summed E-state index contributed by atoms with van der Waals surface area (Å²) in [5.41, 5.74) is 0. The number of hydrogen-bond donors (Lipinski definition) is 0. The first-order valence-corrected chi connectivity index (χ1v) is 4.89. The minimum Gasteiger partial charge on any atom is -0.123 e. The van der Waals surface area contributed by atoms with Gasteiger partial charge in [-0.2, -0.15) is 0 Å². The van der Waals surface area contributed by atoms with Crippen LogP contribution in [0, 0.1) is 0 Å². The Morgan fingerprint density at radius 1 is 1.00 bits per heavy atom. The van der Waals surface area contributed by atoms with Crippen molar-refractivity contribution in [3.8, 4) is 0 Å². The number of rotatable bonds is 6. The Hall–Kier alpha value is 0.290. The van der Waals surface area contributed by atoms with Crippen molar-refractivity contribution in [3.63, 3.8) is 0 Å². The molecule has 0 aliphatic rings. The maximum Gasteiger partial charge on any atom is 0.0336 e. The van der Waals surface area contributed by atoms with Gasteiger partial charge >= 0.3 is 0 Å². The van der Waals surface area contributed by atoms with E-state index in [0.29, 0.717) is 5.38 Å². The molecular weight excluding hydrogens is 144 g/mol. The summed E-state index contributed by atoms with van der Waals surface area (Å²) in [6.07, 6.45) is 7.57. The molecule has 0 bridgehead atoms. The highest BCUT2D eigenvalue weighted by molar-refractivity contribution is 6.20. The van der Waals surface area contributed by atoms with E-state index in [1.807, 2.05) is 0 Å². The molecular formula is C9H19Cl. The fraction of sp³-hybridized carbons (Fsp3) is 1.00. The van der Waals surface area contributed by atoms with E-state index in [9.17, 15) is 0 Å². The minimum absolute atomic E-state index is 0.441. The second-order valence-electron chi connectivity index (χ2n) is 2.88. The van der Waals surface area contributed by atoms with Crippen molar-refractivity contribution < 1.29 is 0 Å². The van der Waals surface area contributed by atoms with E-state index in [1.54, 1.807) is 0 Å². The van der Waals surface area contributed by atoms with E-state index >= 15 is 0 Å². The van der Waals surface area contributed by atoms with Crippen LogP contribution in [-0.2, 0) is 0 Å². The van der Waals surface area contributed by atoms with E-state index < -0.39 is 0 Å². The SMILES string of the molecule is CCCCCC(Cl)CCC. The molecule has 1 atom stereocenters. The van der Waals surface area contributed by atoms with Crippen LogP contribution >= 0.6 is 11.6 Å². The van der Waals surface area contributed by atoms with Gasteiger partial charge in [-0.25, -0.2) is 0 Å². The van der Waals surface area contributed by atoms with Crippen LogP contribution in [0.25, 0.3) is 0 Å². The van der Waals surface area contributed by atoms with Crippen LogP contribution < -0.4 is 0 Å². The van der Waals surface area contributed by atoms with Gasteiger partial charge < -0.3 is 0 Å². The third kappa shape index (κ3) is 6.41. The standard InChI is InChI=1S/C9H19Cl/c1-3-5-6-8-9(10)7-4-2/h9H,3-8H2,1-2H3. The Bertz CT molecular complexity index is 61.7. The van der Waals surface area contributed by atoms with Crippen molar-refractivity contribution in [3.05, 3.63) is 0 Å². The van der Waals surface area contributed by atoms with Crippen LogP contribution in [0.1, 0.15) is 52.4 Å². The van der Waals surface area contributed by atoms with Gasteiger partial charge in [-0.3, -0.25) is 0 Å². The van der Waals surface area contributed by atoms with Crippen molar-refractivity contribution in [2.24, 2.45) is 0 Å². The quantitative estimate of drug-likeness (QED) is 0.410. The van der Waals surface area contributed by atoms with Gasteiger partial charge in [-0.1, -0.05) is 39.5 Å². The molecule has 0 aliphatic carbocycles. The molecule has 0 fully saturated rings. The fourth-order valence-electron chi connectivity index (χ4n) is 1.07. The molecule has 0 radical (unpaired) electrons. The van der Waals surface area contributed by atoms with E-state index in [0.717, 1.165) is 0 Å². The van der Waals surface area contributed by atoms with Gasteiger partial charge in [0, 0.05) is 5.38 Å². The Labute approximate surface area is 70.0 Å². The molecule has 0 saturated heterocycles. The number of halogens is 1. The van der Waals surface area contributed by atoms with E-state index in [-0.39, 0.29) is 0 Å². The van der Waals surface area contributed by atoms with Gasteiger partial charge in [-0.05, 0) is 12.8 Å². The molecule has 10 heavy (non-hydrogen) atoms. The first-order valence-electron chi connectivity index (χ1n) is 4.45. The van der Waals surface area contributed by atoms with Crippen molar-refractivity contribution in [1.29, 1.82) is 0 Å². The van der Waals surface area contributed by atoms with Gasteiger partial charge in [0.05, 0.1) is 0 Å². The third-order valence-corrected chi connectivity index (χ3v) is 2.16.